The minimum absolute atomic E-state index is 0.515. The first kappa shape index (κ1) is 31.9. The van der Waals surface area contributed by atoms with Crippen molar-refractivity contribution in [2.75, 3.05) is 0 Å². The van der Waals surface area contributed by atoms with E-state index in [0.29, 0.717) is 11.1 Å². The first-order valence-corrected chi connectivity index (χ1v) is 18.6. The van der Waals surface area contributed by atoms with Gasteiger partial charge in [-0.3, -0.25) is 0 Å². The smallest absolute Gasteiger partial charge is 0.178 e. The molecule has 2 aliphatic rings. The van der Waals surface area contributed by atoms with Gasteiger partial charge >= 0.3 is 0 Å². The van der Waals surface area contributed by atoms with Gasteiger partial charge in [-0.15, -0.1) is 0 Å². The second-order valence-electron chi connectivity index (χ2n) is 13.5. The van der Waals surface area contributed by atoms with E-state index in [0.717, 1.165) is 60.2 Å². The summed E-state index contributed by atoms with van der Waals surface area (Å²) < 4.78 is 37.9. The van der Waals surface area contributed by atoms with Crippen LogP contribution >= 0.6 is 23.5 Å². The molecule has 1 nitrogen and oxygen atoms in total. The third-order valence-corrected chi connectivity index (χ3v) is 12.1. The number of hydrogen-bond donors (Lipinski definition) is 0. The average molecular weight is 703 g/mol. The molecule has 1 heterocycles. The van der Waals surface area contributed by atoms with Gasteiger partial charge in [-0.2, -0.15) is 0 Å². The van der Waals surface area contributed by atoms with E-state index in [4.69, 9.17) is 4.74 Å². The molecule has 0 amide bonds. The van der Waals surface area contributed by atoms with Crippen molar-refractivity contribution < 1.29 is 13.5 Å². The van der Waals surface area contributed by atoms with E-state index >= 15 is 4.39 Å². The van der Waals surface area contributed by atoms with Crippen LogP contribution in [0.15, 0.2) is 171 Å². The lowest BCUT2D eigenvalue weighted by atomic mass is 9.76. The minimum atomic E-state index is -0.956. The zero-order valence-corrected chi connectivity index (χ0v) is 29.6. The molecule has 0 saturated carbocycles. The molecule has 248 valence electrons. The molecular weight excluding hydrogens is 671 g/mol. The fourth-order valence-electron chi connectivity index (χ4n) is 7.82. The van der Waals surface area contributed by atoms with Crippen molar-refractivity contribution in [3.63, 3.8) is 0 Å². The second-order valence-corrected chi connectivity index (χ2v) is 15.8. The van der Waals surface area contributed by atoms with Crippen LogP contribution in [0.2, 0.25) is 0 Å². The van der Waals surface area contributed by atoms with Crippen molar-refractivity contribution >= 4 is 40.4 Å². The van der Waals surface area contributed by atoms with Crippen LogP contribution in [0.5, 0.6) is 5.75 Å². The summed E-state index contributed by atoms with van der Waals surface area (Å²) >= 11 is 3.44. The van der Waals surface area contributed by atoms with Gasteiger partial charge < -0.3 is 4.74 Å². The predicted molar refractivity (Wildman–Crippen MR) is 206 cm³/mol. The Bertz CT molecular complexity index is 2390. The second kappa shape index (κ2) is 12.3. The first-order valence-electron chi connectivity index (χ1n) is 17.0. The SMILES string of the molecule is CC1(C)c2c(F)cc(F)cc2-c2c1c1c(c3ccccc23)OC(c2ccc(Sc3ccccc3)cc2)(c2ccc(Sc3ccccc3)cc2)C=C1. The van der Waals surface area contributed by atoms with Crippen molar-refractivity contribution in [1.82, 2.24) is 0 Å². The summed E-state index contributed by atoms with van der Waals surface area (Å²) in [6, 6.07) is 48.5. The Morgan fingerprint density at radius 1 is 0.549 bits per heavy atom. The van der Waals surface area contributed by atoms with Crippen LogP contribution in [0.1, 0.15) is 41.7 Å². The standard InChI is InChI=1S/C46H32F2OS2/c1-45(2)42-39(27-31(47)28-40(42)48)41-36-15-9-10-16-37(36)44-38(43(41)45)25-26-46(49-44,29-17-21-34(22-18-29)50-32-11-5-3-6-12-32)30-19-23-35(24-20-30)51-33-13-7-4-8-14-33/h3-28H,1-2H3. The largest absolute Gasteiger partial charge is 0.472 e. The highest BCUT2D eigenvalue weighted by molar-refractivity contribution is 7.99. The van der Waals surface area contributed by atoms with Gasteiger partial charge in [-0.05, 0) is 82.7 Å². The van der Waals surface area contributed by atoms with Crippen LogP contribution in [-0.2, 0) is 11.0 Å². The lowest BCUT2D eigenvalue weighted by Crippen LogP contribution is -2.35. The molecule has 51 heavy (non-hydrogen) atoms. The molecule has 9 rings (SSSR count). The van der Waals surface area contributed by atoms with E-state index in [1.165, 1.54) is 15.9 Å². The van der Waals surface area contributed by atoms with Crippen LogP contribution in [0.3, 0.4) is 0 Å². The maximum Gasteiger partial charge on any atom is 0.178 e. The minimum Gasteiger partial charge on any atom is -0.472 e. The molecule has 0 unspecified atom stereocenters. The number of ether oxygens (including phenoxy) is 1. The highest BCUT2D eigenvalue weighted by Crippen LogP contribution is 2.58. The monoisotopic (exact) mass is 702 g/mol. The fourth-order valence-corrected chi connectivity index (χ4v) is 9.49. The van der Waals surface area contributed by atoms with Gasteiger partial charge in [0, 0.05) is 58.7 Å². The molecule has 7 aromatic rings. The van der Waals surface area contributed by atoms with Crippen molar-refractivity contribution in [2.24, 2.45) is 0 Å². The van der Waals surface area contributed by atoms with Gasteiger partial charge in [0.05, 0.1) is 0 Å². The zero-order valence-electron chi connectivity index (χ0n) is 28.0. The molecule has 1 aliphatic carbocycles. The molecule has 0 spiro atoms. The Kier molecular flexibility index (Phi) is 7.68. The summed E-state index contributed by atoms with van der Waals surface area (Å²) in [4.78, 5) is 4.61. The molecule has 0 aromatic heterocycles. The topological polar surface area (TPSA) is 9.23 Å². The maximum absolute atomic E-state index is 15.7. The molecule has 0 saturated heterocycles. The van der Waals surface area contributed by atoms with E-state index in [9.17, 15) is 4.39 Å². The van der Waals surface area contributed by atoms with Crippen molar-refractivity contribution in [3.05, 3.63) is 191 Å². The number of halogens is 2. The Morgan fingerprint density at radius 2 is 1.06 bits per heavy atom. The average Bonchev–Trinajstić information content (AvgIpc) is 3.39. The number of benzene rings is 7. The summed E-state index contributed by atoms with van der Waals surface area (Å²) in [5.74, 6) is -0.370. The van der Waals surface area contributed by atoms with Gasteiger partial charge in [0.15, 0.2) is 5.60 Å². The van der Waals surface area contributed by atoms with Crippen LogP contribution in [0.4, 0.5) is 8.78 Å². The quantitative estimate of drug-likeness (QED) is 0.171. The molecule has 0 fully saturated rings. The summed E-state index contributed by atoms with van der Waals surface area (Å²) in [6.07, 6.45) is 4.28. The lowest BCUT2D eigenvalue weighted by Gasteiger charge is -2.38. The predicted octanol–water partition coefficient (Wildman–Crippen LogP) is 13.1. The van der Waals surface area contributed by atoms with E-state index in [-0.39, 0.29) is 0 Å². The number of fused-ring (bicyclic) bond motifs is 8. The Morgan fingerprint density at radius 3 is 1.63 bits per heavy atom. The fraction of sp³-hybridized carbons (Fsp3) is 0.0870. The highest BCUT2D eigenvalue weighted by Gasteiger charge is 2.45. The van der Waals surface area contributed by atoms with Crippen LogP contribution in [0, 0.1) is 11.6 Å². The van der Waals surface area contributed by atoms with Crippen molar-refractivity contribution in [1.29, 1.82) is 0 Å². The molecule has 0 bridgehead atoms. The third kappa shape index (κ3) is 5.30. The van der Waals surface area contributed by atoms with Crippen molar-refractivity contribution in [3.8, 4) is 16.9 Å². The normalized spacial score (nSPS) is 14.8. The lowest BCUT2D eigenvalue weighted by molar-refractivity contribution is 0.163. The van der Waals surface area contributed by atoms with Gasteiger partial charge in [-0.25, -0.2) is 8.78 Å². The van der Waals surface area contributed by atoms with Crippen molar-refractivity contribution in [2.45, 2.75) is 44.4 Å². The summed E-state index contributed by atoms with van der Waals surface area (Å²) in [7, 11) is 0. The van der Waals surface area contributed by atoms with Gasteiger partial charge in [0.25, 0.3) is 0 Å². The summed E-state index contributed by atoms with van der Waals surface area (Å²) in [5.41, 5.74) is 4.14. The van der Waals surface area contributed by atoms with E-state index in [1.54, 1.807) is 23.5 Å². The molecule has 0 atom stereocenters. The van der Waals surface area contributed by atoms with Crippen LogP contribution < -0.4 is 4.74 Å². The first-order chi connectivity index (χ1) is 24.8. The Balaban J connectivity index is 1.22. The van der Waals surface area contributed by atoms with Gasteiger partial charge in [0.1, 0.15) is 17.4 Å². The van der Waals surface area contributed by atoms with Crippen LogP contribution in [-0.4, -0.2) is 0 Å². The van der Waals surface area contributed by atoms with E-state index in [2.05, 4.69) is 115 Å². The molecule has 1 aliphatic heterocycles. The molecule has 7 aromatic carbocycles. The number of hydrogen-bond acceptors (Lipinski definition) is 3. The Hall–Kier alpha value is -5.10. The zero-order chi connectivity index (χ0) is 34.7. The molecule has 5 heteroatoms. The maximum atomic E-state index is 15.7. The third-order valence-electron chi connectivity index (χ3n) is 10.1. The molecule has 0 N–H and O–H groups in total. The highest BCUT2D eigenvalue weighted by atomic mass is 32.2. The Labute approximate surface area is 305 Å². The summed E-state index contributed by atoms with van der Waals surface area (Å²) in [5, 5.41) is 1.82. The molecular formula is C46H32F2OS2. The van der Waals surface area contributed by atoms with Gasteiger partial charge in [-0.1, -0.05) is 128 Å². The van der Waals surface area contributed by atoms with Gasteiger partial charge in [0.2, 0.25) is 0 Å². The molecule has 0 radical (unpaired) electrons. The van der Waals surface area contributed by atoms with Crippen LogP contribution in [0.25, 0.3) is 28.0 Å². The van der Waals surface area contributed by atoms with E-state index in [1.807, 2.05) is 44.2 Å². The number of rotatable bonds is 6. The summed E-state index contributed by atoms with van der Waals surface area (Å²) in [6.45, 7) is 4.05. The van der Waals surface area contributed by atoms with E-state index < -0.39 is 22.7 Å².